The van der Waals surface area contributed by atoms with Crippen molar-refractivity contribution in [3.63, 3.8) is 0 Å². The van der Waals surface area contributed by atoms with Crippen LogP contribution < -0.4 is 0 Å². The summed E-state index contributed by atoms with van der Waals surface area (Å²) < 4.78 is 34.2. The first-order valence-electron chi connectivity index (χ1n) is 5.40. The van der Waals surface area contributed by atoms with Gasteiger partial charge in [-0.25, -0.2) is 0 Å². The van der Waals surface area contributed by atoms with Crippen molar-refractivity contribution in [2.45, 2.75) is 38.5 Å². The summed E-state index contributed by atoms with van der Waals surface area (Å²) in [6.07, 6.45) is 3.36. The Balaban J connectivity index is 2.03. The minimum absolute atomic E-state index is 0.0440. The molecule has 16 heavy (non-hydrogen) atoms. The predicted molar refractivity (Wildman–Crippen MR) is 60.2 cm³/mol. The molecule has 0 saturated heterocycles. The van der Waals surface area contributed by atoms with Crippen LogP contribution in [0.4, 0.5) is 0 Å². The van der Waals surface area contributed by atoms with Crippen LogP contribution in [0.5, 0.6) is 0 Å². The van der Waals surface area contributed by atoms with Gasteiger partial charge in [0.15, 0.2) is 0 Å². The Labute approximate surface area is 96.7 Å². The summed E-state index contributed by atoms with van der Waals surface area (Å²) in [5.41, 5.74) is -0.745. The van der Waals surface area contributed by atoms with E-state index < -0.39 is 21.0 Å². The third-order valence-electron chi connectivity index (χ3n) is 3.02. The molecule has 0 unspecified atom stereocenters. The predicted octanol–water partition coefficient (Wildman–Crippen LogP) is 1.68. The first-order chi connectivity index (χ1) is 7.17. The molecule has 1 fully saturated rings. The Morgan fingerprint density at radius 3 is 2.50 bits per heavy atom. The minimum Gasteiger partial charge on any atom is -0.493 e. The van der Waals surface area contributed by atoms with E-state index in [4.69, 9.17) is 8.92 Å². The molecule has 1 aliphatic carbocycles. The van der Waals surface area contributed by atoms with E-state index in [-0.39, 0.29) is 17.9 Å². The summed E-state index contributed by atoms with van der Waals surface area (Å²) in [5, 5.41) is -0.535. The number of hydrogen-bond acceptors (Lipinski definition) is 4. The van der Waals surface area contributed by atoms with Gasteiger partial charge in [0, 0.05) is 5.92 Å². The summed E-state index contributed by atoms with van der Waals surface area (Å²) in [5.74, 6) is -0.0440. The van der Waals surface area contributed by atoms with Crippen LogP contribution in [-0.2, 0) is 19.0 Å². The molecule has 1 heterocycles. The Hall–Kier alpha value is -0.550. The topological polar surface area (TPSA) is 52.6 Å². The molecule has 2 rings (SSSR count). The van der Waals surface area contributed by atoms with Gasteiger partial charge in [0.1, 0.15) is 10.9 Å². The highest BCUT2D eigenvalue weighted by molar-refractivity contribution is 7.87. The molecule has 0 aromatic carbocycles. The van der Waals surface area contributed by atoms with Crippen molar-refractivity contribution in [3.8, 4) is 0 Å². The van der Waals surface area contributed by atoms with E-state index >= 15 is 0 Å². The van der Waals surface area contributed by atoms with Crippen molar-refractivity contribution in [3.05, 3.63) is 12.3 Å². The van der Waals surface area contributed by atoms with Crippen molar-refractivity contribution >= 4 is 10.1 Å². The molecule has 0 aromatic heterocycles. The molecule has 0 spiro atoms. The number of fused-ring (bicyclic) bond motifs is 1. The maximum absolute atomic E-state index is 11.9. The second-order valence-corrected chi connectivity index (χ2v) is 7.62. The standard InChI is InChI=1S/C11H18O4S/c1-10(2,3)7-15-16(12,13)9-8-5-6-14-11(8,9)4/h5-6,8-9H,7H2,1-4H3/t8-,9-,11-/m0/s1. The van der Waals surface area contributed by atoms with E-state index in [1.807, 2.05) is 20.8 Å². The molecule has 0 bridgehead atoms. The van der Waals surface area contributed by atoms with E-state index in [0.29, 0.717) is 0 Å². The van der Waals surface area contributed by atoms with Crippen molar-refractivity contribution in [2.75, 3.05) is 6.61 Å². The number of hydrogen-bond donors (Lipinski definition) is 0. The smallest absolute Gasteiger partial charge is 0.274 e. The zero-order valence-electron chi connectivity index (χ0n) is 10.1. The van der Waals surface area contributed by atoms with Gasteiger partial charge >= 0.3 is 0 Å². The largest absolute Gasteiger partial charge is 0.493 e. The van der Waals surface area contributed by atoms with Crippen LogP contribution in [0.25, 0.3) is 0 Å². The molecule has 4 nitrogen and oxygen atoms in total. The highest BCUT2D eigenvalue weighted by Gasteiger charge is 2.71. The molecule has 0 aromatic rings. The molecule has 0 N–H and O–H groups in total. The third kappa shape index (κ3) is 1.86. The molecular weight excluding hydrogens is 228 g/mol. The first kappa shape index (κ1) is 11.9. The highest BCUT2D eigenvalue weighted by Crippen LogP contribution is 2.56. The van der Waals surface area contributed by atoms with Gasteiger partial charge in [0.05, 0.1) is 12.9 Å². The zero-order valence-corrected chi connectivity index (χ0v) is 10.9. The summed E-state index contributed by atoms with van der Waals surface area (Å²) in [4.78, 5) is 0. The lowest BCUT2D eigenvalue weighted by atomic mass is 9.99. The fourth-order valence-corrected chi connectivity index (χ4v) is 4.08. The summed E-state index contributed by atoms with van der Waals surface area (Å²) in [6.45, 7) is 7.83. The van der Waals surface area contributed by atoms with Gasteiger partial charge in [-0.05, 0) is 18.4 Å². The molecular formula is C11H18O4S. The SMILES string of the molecule is CC(C)(C)COS(=O)(=O)[C@H]1[C@@H]2C=CO[C@@]21C. The lowest BCUT2D eigenvalue weighted by Gasteiger charge is -2.18. The first-order valence-corrected chi connectivity index (χ1v) is 6.87. The van der Waals surface area contributed by atoms with Gasteiger partial charge in [-0.15, -0.1) is 0 Å². The Kier molecular flexibility index (Phi) is 2.41. The van der Waals surface area contributed by atoms with E-state index in [9.17, 15) is 8.42 Å². The number of rotatable bonds is 3. The molecule has 0 radical (unpaired) electrons. The lowest BCUT2D eigenvalue weighted by molar-refractivity contribution is 0.144. The second kappa shape index (κ2) is 3.23. The Morgan fingerprint density at radius 2 is 2.06 bits per heavy atom. The second-order valence-electron chi connectivity index (χ2n) is 5.89. The van der Waals surface area contributed by atoms with Crippen LogP contribution in [-0.4, -0.2) is 25.9 Å². The molecule has 5 heteroatoms. The Bertz CT molecular complexity index is 418. The van der Waals surface area contributed by atoms with Gasteiger partial charge in [-0.1, -0.05) is 20.8 Å². The van der Waals surface area contributed by atoms with Crippen LogP contribution >= 0.6 is 0 Å². The summed E-state index contributed by atoms with van der Waals surface area (Å²) in [6, 6.07) is 0. The fraction of sp³-hybridized carbons (Fsp3) is 0.818. The quantitative estimate of drug-likeness (QED) is 0.711. The zero-order chi connectivity index (χ0) is 12.2. The van der Waals surface area contributed by atoms with Gasteiger partial charge < -0.3 is 4.74 Å². The molecule has 1 saturated carbocycles. The molecule has 3 atom stereocenters. The van der Waals surface area contributed by atoms with Gasteiger partial charge in [0.2, 0.25) is 0 Å². The van der Waals surface area contributed by atoms with E-state index in [1.165, 1.54) is 0 Å². The van der Waals surface area contributed by atoms with Crippen LogP contribution in [0.1, 0.15) is 27.7 Å². The minimum atomic E-state index is -3.51. The van der Waals surface area contributed by atoms with E-state index in [1.54, 1.807) is 19.3 Å². The fourth-order valence-electron chi connectivity index (χ4n) is 1.99. The molecule has 2 aliphatic rings. The van der Waals surface area contributed by atoms with Gasteiger partial charge in [-0.3, -0.25) is 4.18 Å². The van der Waals surface area contributed by atoms with Crippen LogP contribution in [0, 0.1) is 11.3 Å². The van der Waals surface area contributed by atoms with Crippen LogP contribution in [0.15, 0.2) is 12.3 Å². The van der Waals surface area contributed by atoms with Gasteiger partial charge in [-0.2, -0.15) is 8.42 Å². The maximum atomic E-state index is 11.9. The Morgan fingerprint density at radius 1 is 1.44 bits per heavy atom. The highest BCUT2D eigenvalue weighted by atomic mass is 32.2. The van der Waals surface area contributed by atoms with Crippen molar-refractivity contribution in [1.29, 1.82) is 0 Å². The van der Waals surface area contributed by atoms with E-state index in [0.717, 1.165) is 0 Å². The summed E-state index contributed by atoms with van der Waals surface area (Å²) in [7, 11) is -3.51. The molecule has 0 amide bonds. The van der Waals surface area contributed by atoms with Crippen LogP contribution in [0.3, 0.4) is 0 Å². The van der Waals surface area contributed by atoms with Crippen molar-refractivity contribution in [1.82, 2.24) is 0 Å². The monoisotopic (exact) mass is 246 g/mol. The molecule has 92 valence electrons. The lowest BCUT2D eigenvalue weighted by Crippen LogP contribution is -2.25. The van der Waals surface area contributed by atoms with Crippen molar-refractivity contribution in [2.24, 2.45) is 11.3 Å². The maximum Gasteiger partial charge on any atom is 0.274 e. The molecule has 1 aliphatic heterocycles. The van der Waals surface area contributed by atoms with Crippen molar-refractivity contribution < 1.29 is 17.3 Å². The van der Waals surface area contributed by atoms with Crippen LogP contribution in [0.2, 0.25) is 0 Å². The summed E-state index contributed by atoms with van der Waals surface area (Å²) >= 11 is 0. The average molecular weight is 246 g/mol. The average Bonchev–Trinajstić information content (AvgIpc) is 2.52. The van der Waals surface area contributed by atoms with Gasteiger partial charge in [0.25, 0.3) is 10.1 Å². The normalized spacial score (nSPS) is 37.0. The number of ether oxygens (including phenoxy) is 1. The third-order valence-corrected chi connectivity index (χ3v) is 4.85. The van der Waals surface area contributed by atoms with E-state index in [2.05, 4.69) is 0 Å².